The summed E-state index contributed by atoms with van der Waals surface area (Å²) in [6, 6.07) is 17.5. The molecular formula is C21H20N2O3. The standard InChI is InChI=1S/C21H20N2O3/c1-25-20(24)11-8-16-6-9-19(10-7-16)26-15-17-4-2-5-18(14-17)21-22-12-3-13-23-21/h2-7,9-10,12-14H,8,11,15H2,1H3. The van der Waals surface area contributed by atoms with Crippen molar-refractivity contribution in [3.63, 3.8) is 0 Å². The van der Waals surface area contributed by atoms with Crippen molar-refractivity contribution < 1.29 is 14.3 Å². The molecule has 0 saturated heterocycles. The maximum atomic E-state index is 11.2. The van der Waals surface area contributed by atoms with Crippen LogP contribution >= 0.6 is 0 Å². The van der Waals surface area contributed by atoms with Crippen molar-refractivity contribution in [1.82, 2.24) is 9.97 Å². The molecule has 0 aliphatic heterocycles. The van der Waals surface area contributed by atoms with E-state index in [4.69, 9.17) is 4.74 Å². The molecule has 1 aromatic heterocycles. The summed E-state index contributed by atoms with van der Waals surface area (Å²) >= 11 is 0. The highest BCUT2D eigenvalue weighted by Crippen LogP contribution is 2.18. The Morgan fingerprint density at radius 3 is 2.46 bits per heavy atom. The van der Waals surface area contributed by atoms with Gasteiger partial charge in [0, 0.05) is 24.4 Å². The second-order valence-electron chi connectivity index (χ2n) is 5.78. The van der Waals surface area contributed by atoms with Crippen LogP contribution in [0.5, 0.6) is 5.75 Å². The highest BCUT2D eigenvalue weighted by atomic mass is 16.5. The monoisotopic (exact) mass is 348 g/mol. The fourth-order valence-electron chi connectivity index (χ4n) is 2.52. The third-order valence-electron chi connectivity index (χ3n) is 3.93. The summed E-state index contributed by atoms with van der Waals surface area (Å²) in [5, 5.41) is 0. The van der Waals surface area contributed by atoms with Gasteiger partial charge in [0.25, 0.3) is 0 Å². The fraction of sp³-hybridized carbons (Fsp3) is 0.190. The van der Waals surface area contributed by atoms with E-state index in [0.29, 0.717) is 25.3 Å². The van der Waals surface area contributed by atoms with Gasteiger partial charge in [0.2, 0.25) is 0 Å². The number of benzene rings is 2. The van der Waals surface area contributed by atoms with Crippen LogP contribution in [0, 0.1) is 0 Å². The number of carbonyl (C=O) groups excluding carboxylic acids is 1. The number of aromatic nitrogens is 2. The lowest BCUT2D eigenvalue weighted by atomic mass is 10.1. The van der Waals surface area contributed by atoms with Crippen LogP contribution in [0.4, 0.5) is 0 Å². The summed E-state index contributed by atoms with van der Waals surface area (Å²) in [5.74, 6) is 1.28. The van der Waals surface area contributed by atoms with Crippen LogP contribution in [0.3, 0.4) is 0 Å². The number of hydrogen-bond acceptors (Lipinski definition) is 5. The van der Waals surface area contributed by atoms with Crippen molar-refractivity contribution in [2.24, 2.45) is 0 Å². The van der Waals surface area contributed by atoms with Crippen molar-refractivity contribution in [1.29, 1.82) is 0 Å². The van der Waals surface area contributed by atoms with E-state index in [-0.39, 0.29) is 5.97 Å². The largest absolute Gasteiger partial charge is 0.489 e. The van der Waals surface area contributed by atoms with Gasteiger partial charge in [-0.2, -0.15) is 0 Å². The topological polar surface area (TPSA) is 61.3 Å². The van der Waals surface area contributed by atoms with Gasteiger partial charge < -0.3 is 9.47 Å². The molecule has 132 valence electrons. The molecule has 0 bridgehead atoms. The fourth-order valence-corrected chi connectivity index (χ4v) is 2.52. The molecule has 0 spiro atoms. The highest BCUT2D eigenvalue weighted by Gasteiger charge is 2.04. The minimum atomic E-state index is -0.201. The maximum absolute atomic E-state index is 11.2. The quantitative estimate of drug-likeness (QED) is 0.607. The van der Waals surface area contributed by atoms with Gasteiger partial charge in [0.15, 0.2) is 5.82 Å². The Labute approximate surface area is 152 Å². The predicted octanol–water partition coefficient (Wildman–Crippen LogP) is 3.83. The van der Waals surface area contributed by atoms with E-state index in [0.717, 1.165) is 22.4 Å². The lowest BCUT2D eigenvalue weighted by molar-refractivity contribution is -0.140. The first-order valence-corrected chi connectivity index (χ1v) is 8.39. The van der Waals surface area contributed by atoms with Gasteiger partial charge in [-0.15, -0.1) is 0 Å². The molecule has 0 amide bonds. The molecule has 26 heavy (non-hydrogen) atoms. The van der Waals surface area contributed by atoms with E-state index in [1.54, 1.807) is 18.5 Å². The second-order valence-corrected chi connectivity index (χ2v) is 5.78. The Balaban J connectivity index is 1.58. The summed E-state index contributed by atoms with van der Waals surface area (Å²) in [4.78, 5) is 19.7. The number of esters is 1. The molecule has 3 aromatic rings. The van der Waals surface area contributed by atoms with Crippen LogP contribution in [0.1, 0.15) is 17.5 Å². The zero-order chi connectivity index (χ0) is 18.2. The number of methoxy groups -OCH3 is 1. The average Bonchev–Trinajstić information content (AvgIpc) is 2.72. The number of rotatable bonds is 7. The second kappa shape index (κ2) is 8.76. The van der Waals surface area contributed by atoms with E-state index < -0.39 is 0 Å². The highest BCUT2D eigenvalue weighted by molar-refractivity contribution is 5.69. The zero-order valence-corrected chi connectivity index (χ0v) is 14.6. The molecule has 5 nitrogen and oxygen atoms in total. The lowest BCUT2D eigenvalue weighted by Crippen LogP contribution is -2.02. The SMILES string of the molecule is COC(=O)CCc1ccc(OCc2cccc(-c3ncccn3)c2)cc1. The lowest BCUT2D eigenvalue weighted by Gasteiger charge is -2.08. The van der Waals surface area contributed by atoms with Crippen molar-refractivity contribution in [2.45, 2.75) is 19.4 Å². The summed E-state index contributed by atoms with van der Waals surface area (Å²) in [6.07, 6.45) is 4.50. The Kier molecular flexibility index (Phi) is 5.93. The molecule has 0 aliphatic carbocycles. The first-order chi connectivity index (χ1) is 12.7. The number of hydrogen-bond donors (Lipinski definition) is 0. The maximum Gasteiger partial charge on any atom is 0.305 e. The van der Waals surface area contributed by atoms with Crippen LogP contribution in [0.25, 0.3) is 11.4 Å². The summed E-state index contributed by atoms with van der Waals surface area (Å²) in [6.45, 7) is 0.460. The Morgan fingerprint density at radius 1 is 0.962 bits per heavy atom. The first-order valence-electron chi connectivity index (χ1n) is 8.39. The number of nitrogens with zero attached hydrogens (tertiary/aromatic N) is 2. The zero-order valence-electron chi connectivity index (χ0n) is 14.6. The molecule has 3 rings (SSSR count). The van der Waals surface area contributed by atoms with Crippen molar-refractivity contribution in [2.75, 3.05) is 7.11 Å². The molecule has 0 fully saturated rings. The molecular weight excluding hydrogens is 328 g/mol. The van der Waals surface area contributed by atoms with Crippen molar-refractivity contribution in [3.8, 4) is 17.1 Å². The molecule has 2 aromatic carbocycles. The van der Waals surface area contributed by atoms with Crippen LogP contribution < -0.4 is 4.74 Å². The Morgan fingerprint density at radius 2 is 1.73 bits per heavy atom. The third kappa shape index (κ3) is 4.89. The molecule has 0 aliphatic rings. The molecule has 0 atom stereocenters. The van der Waals surface area contributed by atoms with Crippen LogP contribution in [-0.2, 0) is 22.6 Å². The Bertz CT molecular complexity index is 849. The first kappa shape index (κ1) is 17.6. The van der Waals surface area contributed by atoms with Gasteiger partial charge >= 0.3 is 5.97 Å². The molecule has 0 saturated carbocycles. The smallest absolute Gasteiger partial charge is 0.305 e. The van der Waals surface area contributed by atoms with Gasteiger partial charge in [-0.1, -0.05) is 30.3 Å². The minimum absolute atomic E-state index is 0.201. The summed E-state index contributed by atoms with van der Waals surface area (Å²) < 4.78 is 10.5. The number of carbonyl (C=O) groups is 1. The van der Waals surface area contributed by atoms with Gasteiger partial charge in [-0.3, -0.25) is 4.79 Å². The van der Waals surface area contributed by atoms with Gasteiger partial charge in [0.1, 0.15) is 12.4 Å². The number of ether oxygens (including phenoxy) is 2. The van der Waals surface area contributed by atoms with Crippen molar-refractivity contribution >= 4 is 5.97 Å². The normalized spacial score (nSPS) is 10.3. The van der Waals surface area contributed by atoms with Crippen LogP contribution in [-0.4, -0.2) is 23.0 Å². The van der Waals surface area contributed by atoms with Gasteiger partial charge in [-0.05, 0) is 41.8 Å². The van der Waals surface area contributed by atoms with Crippen molar-refractivity contribution in [3.05, 3.63) is 78.1 Å². The average molecular weight is 348 g/mol. The van der Waals surface area contributed by atoms with Gasteiger partial charge in [0.05, 0.1) is 7.11 Å². The summed E-state index contributed by atoms with van der Waals surface area (Å²) in [5.41, 5.74) is 3.08. The van der Waals surface area contributed by atoms with E-state index in [1.807, 2.05) is 48.5 Å². The van der Waals surface area contributed by atoms with E-state index in [9.17, 15) is 4.79 Å². The van der Waals surface area contributed by atoms with E-state index in [1.165, 1.54) is 7.11 Å². The molecule has 0 N–H and O–H groups in total. The van der Waals surface area contributed by atoms with Crippen LogP contribution in [0.15, 0.2) is 67.0 Å². The third-order valence-corrected chi connectivity index (χ3v) is 3.93. The molecule has 5 heteroatoms. The van der Waals surface area contributed by atoms with Crippen LogP contribution in [0.2, 0.25) is 0 Å². The molecule has 0 radical (unpaired) electrons. The molecule has 1 heterocycles. The van der Waals surface area contributed by atoms with Gasteiger partial charge in [-0.25, -0.2) is 9.97 Å². The van der Waals surface area contributed by atoms with E-state index >= 15 is 0 Å². The predicted molar refractivity (Wildman–Crippen MR) is 98.6 cm³/mol. The Hall–Kier alpha value is -3.21. The number of aryl methyl sites for hydroxylation is 1. The summed E-state index contributed by atoms with van der Waals surface area (Å²) in [7, 11) is 1.40. The van der Waals surface area contributed by atoms with E-state index in [2.05, 4.69) is 14.7 Å². The minimum Gasteiger partial charge on any atom is -0.489 e. The molecule has 0 unspecified atom stereocenters.